The number of aliphatic hydroxyl groups is 1. The molecule has 0 aromatic heterocycles. The van der Waals surface area contributed by atoms with Gasteiger partial charge in [-0.1, -0.05) is 31.9 Å². The van der Waals surface area contributed by atoms with E-state index in [9.17, 15) is 9.90 Å². The molecule has 0 bridgehead atoms. The molecule has 1 aromatic rings. The molecule has 0 aliphatic heterocycles. The van der Waals surface area contributed by atoms with Crippen molar-refractivity contribution in [3.05, 3.63) is 29.8 Å². The average Bonchev–Trinajstić information content (AvgIpc) is 3.00. The Hall–Kier alpha value is -1.55. The normalized spacial score (nSPS) is 18.2. The first-order valence-electron chi connectivity index (χ1n) is 7.85. The molecule has 1 aliphatic carbocycles. The first kappa shape index (κ1) is 15.8. The van der Waals surface area contributed by atoms with Crippen LogP contribution in [0.15, 0.2) is 24.3 Å². The van der Waals surface area contributed by atoms with Crippen LogP contribution in [0.5, 0.6) is 5.75 Å². The summed E-state index contributed by atoms with van der Waals surface area (Å²) in [6.45, 7) is 3.70. The molecule has 2 atom stereocenters. The Bertz CT molecular complexity index is 452. The molecule has 0 saturated heterocycles. The zero-order chi connectivity index (χ0) is 15.2. The second kappa shape index (κ2) is 7.46. The summed E-state index contributed by atoms with van der Waals surface area (Å²) in [6, 6.07) is 7.59. The number of carbonyl (C=O) groups is 1. The van der Waals surface area contributed by atoms with Crippen molar-refractivity contribution in [1.29, 1.82) is 0 Å². The van der Waals surface area contributed by atoms with E-state index >= 15 is 0 Å². The lowest BCUT2D eigenvalue weighted by Crippen LogP contribution is -2.41. The van der Waals surface area contributed by atoms with E-state index in [2.05, 4.69) is 5.32 Å². The molecule has 0 radical (unpaired) electrons. The van der Waals surface area contributed by atoms with E-state index in [1.54, 1.807) is 19.1 Å². The van der Waals surface area contributed by atoms with Crippen molar-refractivity contribution in [2.24, 2.45) is 0 Å². The van der Waals surface area contributed by atoms with Crippen LogP contribution in [-0.4, -0.2) is 23.2 Å². The van der Waals surface area contributed by atoms with Gasteiger partial charge in [-0.05, 0) is 43.9 Å². The van der Waals surface area contributed by atoms with Gasteiger partial charge in [0.05, 0.1) is 6.10 Å². The van der Waals surface area contributed by atoms with E-state index in [1.165, 1.54) is 12.8 Å². The molecular weight excluding hydrogens is 266 g/mol. The highest BCUT2D eigenvalue weighted by atomic mass is 16.5. The smallest absolute Gasteiger partial charge is 0.260 e. The molecule has 2 rings (SSSR count). The van der Waals surface area contributed by atoms with Crippen LogP contribution in [-0.2, 0) is 4.79 Å². The van der Waals surface area contributed by atoms with E-state index in [1.807, 2.05) is 19.1 Å². The molecule has 1 aliphatic rings. The van der Waals surface area contributed by atoms with Crippen molar-refractivity contribution in [2.45, 2.75) is 64.2 Å². The van der Waals surface area contributed by atoms with Crippen LogP contribution < -0.4 is 10.1 Å². The van der Waals surface area contributed by atoms with Gasteiger partial charge in [-0.25, -0.2) is 0 Å². The summed E-state index contributed by atoms with van der Waals surface area (Å²) < 4.78 is 5.66. The summed E-state index contributed by atoms with van der Waals surface area (Å²) in [5.74, 6) is 0.593. The number of benzene rings is 1. The highest BCUT2D eigenvalue weighted by molar-refractivity contribution is 5.81. The summed E-state index contributed by atoms with van der Waals surface area (Å²) in [5, 5.41) is 12.8. The zero-order valence-corrected chi connectivity index (χ0v) is 12.8. The Kier molecular flexibility index (Phi) is 5.62. The second-order valence-electron chi connectivity index (χ2n) is 5.74. The lowest BCUT2D eigenvalue weighted by molar-refractivity contribution is -0.127. The Morgan fingerprint density at radius 1 is 1.33 bits per heavy atom. The molecule has 1 saturated carbocycles. The molecule has 1 fully saturated rings. The van der Waals surface area contributed by atoms with Crippen molar-refractivity contribution in [3.8, 4) is 5.75 Å². The van der Waals surface area contributed by atoms with Gasteiger partial charge in [0.25, 0.3) is 5.91 Å². The van der Waals surface area contributed by atoms with Crippen LogP contribution in [0.4, 0.5) is 0 Å². The van der Waals surface area contributed by atoms with Crippen LogP contribution in [0.2, 0.25) is 0 Å². The number of nitrogens with one attached hydrogen (secondary N) is 1. The average molecular weight is 291 g/mol. The highest BCUT2D eigenvalue weighted by Crippen LogP contribution is 2.21. The maximum atomic E-state index is 12.0. The van der Waals surface area contributed by atoms with Gasteiger partial charge in [0.1, 0.15) is 5.75 Å². The number of amides is 1. The van der Waals surface area contributed by atoms with Gasteiger partial charge in [-0.3, -0.25) is 4.79 Å². The number of hydrogen-bond acceptors (Lipinski definition) is 3. The number of ether oxygens (including phenoxy) is 1. The maximum Gasteiger partial charge on any atom is 0.260 e. The fourth-order valence-corrected chi connectivity index (χ4v) is 2.65. The third-order valence-electron chi connectivity index (χ3n) is 4.04. The van der Waals surface area contributed by atoms with Crippen molar-refractivity contribution in [1.82, 2.24) is 5.32 Å². The largest absolute Gasteiger partial charge is 0.481 e. The number of carbonyl (C=O) groups excluding carboxylic acids is 1. The van der Waals surface area contributed by atoms with E-state index in [-0.39, 0.29) is 5.91 Å². The van der Waals surface area contributed by atoms with Gasteiger partial charge in [-0.15, -0.1) is 0 Å². The third kappa shape index (κ3) is 4.46. The summed E-state index contributed by atoms with van der Waals surface area (Å²) in [6.07, 6.45) is 4.27. The topological polar surface area (TPSA) is 58.6 Å². The maximum absolute atomic E-state index is 12.0. The predicted molar refractivity (Wildman–Crippen MR) is 82.2 cm³/mol. The Morgan fingerprint density at radius 3 is 2.52 bits per heavy atom. The lowest BCUT2D eigenvalue weighted by atomic mass is 10.1. The summed E-state index contributed by atoms with van der Waals surface area (Å²) in [7, 11) is 0. The second-order valence-corrected chi connectivity index (χ2v) is 5.74. The lowest BCUT2D eigenvalue weighted by Gasteiger charge is -2.18. The molecule has 4 nitrogen and oxygen atoms in total. The highest BCUT2D eigenvalue weighted by Gasteiger charge is 2.21. The molecule has 0 heterocycles. The summed E-state index contributed by atoms with van der Waals surface area (Å²) >= 11 is 0. The van der Waals surface area contributed by atoms with Crippen LogP contribution in [0.3, 0.4) is 0 Å². The van der Waals surface area contributed by atoms with Crippen LogP contribution in [0.25, 0.3) is 0 Å². The van der Waals surface area contributed by atoms with Gasteiger partial charge in [0, 0.05) is 6.04 Å². The first-order valence-corrected chi connectivity index (χ1v) is 7.85. The molecule has 21 heavy (non-hydrogen) atoms. The number of aliphatic hydroxyl groups excluding tert-OH is 1. The fourth-order valence-electron chi connectivity index (χ4n) is 2.65. The Balaban J connectivity index is 1.86. The molecular formula is C17H25NO3. The zero-order valence-electron chi connectivity index (χ0n) is 12.8. The molecule has 4 heteroatoms. The minimum atomic E-state index is -0.507. The molecule has 0 spiro atoms. The standard InChI is InChI=1S/C17H25NO3/c1-3-16(19)13-8-10-15(11-9-13)21-12(2)17(20)18-14-6-4-5-7-14/h8-12,14,16,19H,3-7H2,1-2H3,(H,18,20)/t12?,16-/m0/s1. The monoisotopic (exact) mass is 291 g/mol. The summed E-state index contributed by atoms with van der Waals surface area (Å²) in [4.78, 5) is 12.0. The minimum absolute atomic E-state index is 0.0560. The van der Waals surface area contributed by atoms with Gasteiger partial charge < -0.3 is 15.2 Å². The van der Waals surface area contributed by atoms with Crippen molar-refractivity contribution < 1.29 is 14.6 Å². The first-order chi connectivity index (χ1) is 10.1. The van der Waals surface area contributed by atoms with Crippen molar-refractivity contribution in [2.75, 3.05) is 0 Å². The van der Waals surface area contributed by atoms with E-state index in [0.717, 1.165) is 18.4 Å². The molecule has 116 valence electrons. The Morgan fingerprint density at radius 2 is 1.95 bits per heavy atom. The number of hydrogen-bond donors (Lipinski definition) is 2. The molecule has 1 aromatic carbocycles. The molecule has 1 amide bonds. The minimum Gasteiger partial charge on any atom is -0.481 e. The van der Waals surface area contributed by atoms with E-state index in [4.69, 9.17) is 4.74 Å². The summed E-state index contributed by atoms with van der Waals surface area (Å²) in [5.41, 5.74) is 0.868. The Labute approximate surface area is 126 Å². The van der Waals surface area contributed by atoms with Crippen molar-refractivity contribution in [3.63, 3.8) is 0 Å². The van der Waals surface area contributed by atoms with Gasteiger partial charge >= 0.3 is 0 Å². The third-order valence-corrected chi connectivity index (χ3v) is 4.04. The van der Waals surface area contributed by atoms with Gasteiger partial charge in [0.2, 0.25) is 0 Å². The van der Waals surface area contributed by atoms with E-state index in [0.29, 0.717) is 18.2 Å². The number of rotatable bonds is 6. The van der Waals surface area contributed by atoms with Crippen LogP contribution in [0, 0.1) is 0 Å². The SMILES string of the molecule is CC[C@H](O)c1ccc(OC(C)C(=O)NC2CCCC2)cc1. The van der Waals surface area contributed by atoms with Gasteiger partial charge in [-0.2, -0.15) is 0 Å². The van der Waals surface area contributed by atoms with Crippen LogP contribution >= 0.6 is 0 Å². The van der Waals surface area contributed by atoms with Crippen molar-refractivity contribution >= 4 is 5.91 Å². The predicted octanol–water partition coefficient (Wildman–Crippen LogP) is 2.96. The van der Waals surface area contributed by atoms with Crippen LogP contribution in [0.1, 0.15) is 57.6 Å². The molecule has 2 N–H and O–H groups in total. The quantitative estimate of drug-likeness (QED) is 0.847. The van der Waals surface area contributed by atoms with E-state index < -0.39 is 12.2 Å². The fraction of sp³-hybridized carbons (Fsp3) is 0.588. The van der Waals surface area contributed by atoms with Gasteiger partial charge in [0.15, 0.2) is 6.10 Å². The molecule has 1 unspecified atom stereocenters.